The molecule has 3 rings (SSSR count). The van der Waals surface area contributed by atoms with Gasteiger partial charge in [-0.2, -0.15) is 5.10 Å². The van der Waals surface area contributed by atoms with Crippen molar-refractivity contribution in [2.24, 2.45) is 7.05 Å². The van der Waals surface area contributed by atoms with Crippen molar-refractivity contribution in [2.45, 2.75) is 6.42 Å². The quantitative estimate of drug-likeness (QED) is 0.790. The first-order valence-corrected chi connectivity index (χ1v) is 5.55. The smallest absolute Gasteiger partial charge is 0.272 e. The van der Waals surface area contributed by atoms with Gasteiger partial charge in [0.2, 0.25) is 0 Å². The number of rotatable bonds is 1. The standard InChI is InChI=1S/C12H11N3O3/c1-15-10(16)6-13-14-12(15)8-2-3-9-7(11(8)17)4-5-18-9/h2-3,6,17H,4-5H2,1H3. The molecule has 1 aliphatic rings. The second-order valence-corrected chi connectivity index (χ2v) is 4.10. The topological polar surface area (TPSA) is 77.2 Å². The first kappa shape index (κ1) is 10.8. The lowest BCUT2D eigenvalue weighted by Crippen LogP contribution is -2.19. The van der Waals surface area contributed by atoms with Gasteiger partial charge in [-0.25, -0.2) is 0 Å². The minimum atomic E-state index is -0.267. The summed E-state index contributed by atoms with van der Waals surface area (Å²) in [5, 5.41) is 17.8. The molecule has 0 fully saturated rings. The highest BCUT2D eigenvalue weighted by Gasteiger charge is 2.21. The van der Waals surface area contributed by atoms with Crippen LogP contribution in [0.1, 0.15) is 5.56 Å². The lowest BCUT2D eigenvalue weighted by Gasteiger charge is -2.09. The molecule has 6 nitrogen and oxygen atoms in total. The van der Waals surface area contributed by atoms with E-state index in [1.807, 2.05) is 0 Å². The molecule has 1 N–H and O–H groups in total. The van der Waals surface area contributed by atoms with Crippen molar-refractivity contribution in [3.8, 4) is 22.9 Å². The number of benzene rings is 1. The molecule has 0 saturated carbocycles. The monoisotopic (exact) mass is 245 g/mol. The SMILES string of the molecule is Cn1c(-c2ccc3c(c2O)CCO3)nncc1=O. The minimum Gasteiger partial charge on any atom is -0.507 e. The molecule has 0 aliphatic carbocycles. The van der Waals surface area contributed by atoms with Crippen LogP contribution in [0.15, 0.2) is 23.1 Å². The summed E-state index contributed by atoms with van der Waals surface area (Å²) in [6.07, 6.45) is 1.79. The fourth-order valence-corrected chi connectivity index (χ4v) is 2.06. The lowest BCUT2D eigenvalue weighted by molar-refractivity contribution is 0.357. The Morgan fingerprint density at radius 1 is 1.44 bits per heavy atom. The Balaban J connectivity index is 2.24. The average Bonchev–Trinajstić information content (AvgIpc) is 2.83. The fraction of sp³-hybridized carbons (Fsp3) is 0.250. The second-order valence-electron chi connectivity index (χ2n) is 4.10. The van der Waals surface area contributed by atoms with Crippen LogP contribution in [0.5, 0.6) is 11.5 Å². The molecule has 0 spiro atoms. The van der Waals surface area contributed by atoms with Crippen LogP contribution in [0.25, 0.3) is 11.4 Å². The first-order chi connectivity index (χ1) is 8.68. The van der Waals surface area contributed by atoms with E-state index < -0.39 is 0 Å². The van der Waals surface area contributed by atoms with Gasteiger partial charge in [0.1, 0.15) is 17.7 Å². The first-order valence-electron chi connectivity index (χ1n) is 5.55. The Labute approximate surface area is 102 Å². The van der Waals surface area contributed by atoms with E-state index in [-0.39, 0.29) is 11.3 Å². The number of hydrogen-bond donors (Lipinski definition) is 1. The van der Waals surface area contributed by atoms with Crippen LogP contribution in [-0.2, 0) is 13.5 Å². The summed E-state index contributed by atoms with van der Waals surface area (Å²) >= 11 is 0. The summed E-state index contributed by atoms with van der Waals surface area (Å²) in [4.78, 5) is 11.5. The van der Waals surface area contributed by atoms with E-state index in [1.54, 1.807) is 19.2 Å². The molecular formula is C12H11N3O3. The van der Waals surface area contributed by atoms with Crippen molar-refractivity contribution in [1.29, 1.82) is 0 Å². The van der Waals surface area contributed by atoms with Gasteiger partial charge in [0, 0.05) is 19.0 Å². The van der Waals surface area contributed by atoms with E-state index in [0.29, 0.717) is 30.2 Å². The number of hydrogen-bond acceptors (Lipinski definition) is 5. The molecular weight excluding hydrogens is 234 g/mol. The number of ether oxygens (including phenoxy) is 1. The Hall–Kier alpha value is -2.37. The number of aromatic hydroxyl groups is 1. The van der Waals surface area contributed by atoms with Crippen molar-refractivity contribution >= 4 is 0 Å². The third kappa shape index (κ3) is 1.46. The van der Waals surface area contributed by atoms with Gasteiger partial charge in [-0.15, -0.1) is 5.10 Å². The third-order valence-electron chi connectivity index (χ3n) is 3.06. The molecule has 0 radical (unpaired) electrons. The van der Waals surface area contributed by atoms with Crippen molar-refractivity contribution in [2.75, 3.05) is 6.61 Å². The van der Waals surface area contributed by atoms with Crippen LogP contribution in [0.2, 0.25) is 0 Å². The molecule has 0 amide bonds. The lowest BCUT2D eigenvalue weighted by atomic mass is 10.1. The van der Waals surface area contributed by atoms with E-state index in [4.69, 9.17) is 4.74 Å². The molecule has 2 heterocycles. The number of fused-ring (bicyclic) bond motifs is 1. The average molecular weight is 245 g/mol. The van der Waals surface area contributed by atoms with E-state index in [0.717, 1.165) is 11.8 Å². The van der Waals surface area contributed by atoms with Crippen LogP contribution in [0.4, 0.5) is 0 Å². The van der Waals surface area contributed by atoms with E-state index in [2.05, 4.69) is 10.2 Å². The van der Waals surface area contributed by atoms with Crippen LogP contribution >= 0.6 is 0 Å². The zero-order valence-electron chi connectivity index (χ0n) is 9.75. The third-order valence-corrected chi connectivity index (χ3v) is 3.06. The number of phenols is 1. The Bertz CT molecular complexity index is 679. The zero-order chi connectivity index (χ0) is 12.7. The molecule has 6 heteroatoms. The molecule has 18 heavy (non-hydrogen) atoms. The van der Waals surface area contributed by atoms with Gasteiger partial charge in [-0.3, -0.25) is 9.36 Å². The van der Waals surface area contributed by atoms with Crippen molar-refractivity contribution in [3.05, 3.63) is 34.2 Å². The Kier molecular flexibility index (Phi) is 2.29. The van der Waals surface area contributed by atoms with Gasteiger partial charge >= 0.3 is 0 Å². The van der Waals surface area contributed by atoms with Gasteiger partial charge < -0.3 is 9.84 Å². The zero-order valence-corrected chi connectivity index (χ0v) is 9.75. The molecule has 0 saturated heterocycles. The highest BCUT2D eigenvalue weighted by Crippen LogP contribution is 2.39. The van der Waals surface area contributed by atoms with Gasteiger partial charge in [-0.05, 0) is 12.1 Å². The van der Waals surface area contributed by atoms with Crippen LogP contribution in [-0.4, -0.2) is 26.5 Å². The summed E-state index contributed by atoms with van der Waals surface area (Å²) in [5.74, 6) is 1.14. The maximum absolute atomic E-state index is 11.5. The maximum atomic E-state index is 11.5. The Morgan fingerprint density at radius 3 is 3.11 bits per heavy atom. The van der Waals surface area contributed by atoms with Gasteiger partial charge in [-0.1, -0.05) is 0 Å². The van der Waals surface area contributed by atoms with E-state index >= 15 is 0 Å². The highest BCUT2D eigenvalue weighted by molar-refractivity contribution is 5.69. The predicted octanol–water partition coefficient (Wildman–Crippen LogP) is 0.483. The summed E-state index contributed by atoms with van der Waals surface area (Å²) < 4.78 is 6.71. The number of phenolic OH excluding ortho intramolecular Hbond substituents is 1. The van der Waals surface area contributed by atoms with Crippen LogP contribution in [0.3, 0.4) is 0 Å². The van der Waals surface area contributed by atoms with Crippen molar-refractivity contribution < 1.29 is 9.84 Å². The fourth-order valence-electron chi connectivity index (χ4n) is 2.06. The second kappa shape index (κ2) is 3.83. The van der Waals surface area contributed by atoms with Gasteiger partial charge in [0.15, 0.2) is 5.82 Å². The van der Waals surface area contributed by atoms with E-state index in [1.165, 1.54) is 4.57 Å². The molecule has 1 aromatic heterocycles. The van der Waals surface area contributed by atoms with Gasteiger partial charge in [0.25, 0.3) is 5.56 Å². The molecule has 1 aromatic carbocycles. The molecule has 0 bridgehead atoms. The van der Waals surface area contributed by atoms with Crippen molar-refractivity contribution in [1.82, 2.24) is 14.8 Å². The normalized spacial score (nSPS) is 13.2. The molecule has 2 aromatic rings. The molecule has 0 unspecified atom stereocenters. The molecule has 92 valence electrons. The number of nitrogens with zero attached hydrogens (tertiary/aromatic N) is 3. The minimum absolute atomic E-state index is 0.112. The summed E-state index contributed by atoms with van der Waals surface area (Å²) in [6.45, 7) is 0.561. The number of aromatic nitrogens is 3. The largest absolute Gasteiger partial charge is 0.507 e. The summed E-state index contributed by atoms with van der Waals surface area (Å²) in [6, 6.07) is 3.46. The Morgan fingerprint density at radius 2 is 2.28 bits per heavy atom. The highest BCUT2D eigenvalue weighted by atomic mass is 16.5. The predicted molar refractivity (Wildman–Crippen MR) is 63.6 cm³/mol. The van der Waals surface area contributed by atoms with Crippen LogP contribution in [0, 0.1) is 0 Å². The molecule has 1 aliphatic heterocycles. The summed E-state index contributed by atoms with van der Waals surface area (Å²) in [5.41, 5.74) is 0.980. The van der Waals surface area contributed by atoms with Crippen LogP contribution < -0.4 is 10.3 Å². The molecule has 0 atom stereocenters. The van der Waals surface area contributed by atoms with E-state index in [9.17, 15) is 9.90 Å². The summed E-state index contributed by atoms with van der Waals surface area (Å²) in [7, 11) is 1.59. The van der Waals surface area contributed by atoms with Crippen molar-refractivity contribution in [3.63, 3.8) is 0 Å². The maximum Gasteiger partial charge on any atom is 0.272 e. The van der Waals surface area contributed by atoms with Gasteiger partial charge in [0.05, 0.1) is 12.2 Å².